The number of ether oxygens (including phenoxy) is 2. The van der Waals surface area contributed by atoms with Crippen LogP contribution in [0.25, 0.3) is 0 Å². The Morgan fingerprint density at radius 3 is 2.54 bits per heavy atom. The fourth-order valence-corrected chi connectivity index (χ4v) is 5.19. The summed E-state index contributed by atoms with van der Waals surface area (Å²) in [6, 6.07) is 19.1. The molecule has 3 aromatic rings. The molecule has 182 valence electrons. The number of carbonyl (C=O) groups excluding carboxylic acids is 1. The summed E-state index contributed by atoms with van der Waals surface area (Å²) in [5.74, 6) is 0.583. The van der Waals surface area contributed by atoms with Gasteiger partial charge in [-0.05, 0) is 49.2 Å². The van der Waals surface area contributed by atoms with Crippen LogP contribution in [0.1, 0.15) is 23.6 Å². The van der Waals surface area contributed by atoms with E-state index in [4.69, 9.17) is 9.47 Å². The number of nitrogens with one attached hydrogen (secondary N) is 1. The Morgan fingerprint density at radius 1 is 1.03 bits per heavy atom. The monoisotopic (exact) mass is 493 g/mol. The van der Waals surface area contributed by atoms with E-state index in [-0.39, 0.29) is 4.90 Å². The maximum atomic E-state index is 13.6. The second kappa shape index (κ2) is 10.6. The molecule has 0 bridgehead atoms. The minimum atomic E-state index is -4.00. The second-order valence-electron chi connectivity index (χ2n) is 7.97. The number of carbonyl (C=O) groups is 1. The van der Waals surface area contributed by atoms with Gasteiger partial charge < -0.3 is 9.47 Å². The maximum absolute atomic E-state index is 13.6. The zero-order valence-corrected chi connectivity index (χ0v) is 20.4. The molecule has 0 aromatic heterocycles. The van der Waals surface area contributed by atoms with E-state index in [2.05, 4.69) is 10.5 Å². The first-order valence-corrected chi connectivity index (χ1v) is 12.7. The number of fused-ring (bicyclic) bond motifs is 1. The van der Waals surface area contributed by atoms with Crippen LogP contribution in [-0.2, 0) is 21.2 Å². The summed E-state index contributed by atoms with van der Waals surface area (Å²) in [6.45, 7) is 4.28. The van der Waals surface area contributed by atoms with Crippen molar-refractivity contribution in [2.45, 2.75) is 25.2 Å². The number of sulfonamides is 1. The second-order valence-corrected chi connectivity index (χ2v) is 9.83. The molecule has 0 saturated heterocycles. The molecule has 1 amide bonds. The lowest BCUT2D eigenvalue weighted by Crippen LogP contribution is -2.40. The predicted molar refractivity (Wildman–Crippen MR) is 135 cm³/mol. The summed E-state index contributed by atoms with van der Waals surface area (Å²) in [4.78, 5) is 13.0. The Morgan fingerprint density at radius 2 is 1.77 bits per heavy atom. The molecule has 8 nitrogen and oxygen atoms in total. The highest BCUT2D eigenvalue weighted by Crippen LogP contribution is 2.32. The normalized spacial score (nSPS) is 13.0. The van der Waals surface area contributed by atoms with Crippen LogP contribution in [0.2, 0.25) is 0 Å². The molecule has 0 spiro atoms. The number of amides is 1. The molecule has 1 aliphatic rings. The molecule has 35 heavy (non-hydrogen) atoms. The van der Waals surface area contributed by atoms with Crippen molar-refractivity contribution in [3.63, 3.8) is 0 Å². The Labute approximate surface area is 205 Å². The molecular formula is C26H27N3O5S. The van der Waals surface area contributed by atoms with E-state index in [9.17, 15) is 13.2 Å². The highest BCUT2D eigenvalue weighted by molar-refractivity contribution is 7.92. The molecule has 0 atom stereocenters. The summed E-state index contributed by atoms with van der Waals surface area (Å²) in [5, 5.41) is 4.02. The van der Waals surface area contributed by atoms with Crippen molar-refractivity contribution in [3.8, 4) is 11.5 Å². The summed E-state index contributed by atoms with van der Waals surface area (Å²) in [5.41, 5.74) is 5.29. The lowest BCUT2D eigenvalue weighted by Gasteiger charge is -2.25. The minimum Gasteiger partial charge on any atom is -0.486 e. The smallest absolute Gasteiger partial charge is 0.264 e. The molecule has 1 heterocycles. The lowest BCUT2D eigenvalue weighted by molar-refractivity contribution is -0.119. The first-order valence-electron chi connectivity index (χ1n) is 11.3. The van der Waals surface area contributed by atoms with Crippen molar-refractivity contribution in [1.82, 2.24) is 5.43 Å². The third-order valence-electron chi connectivity index (χ3n) is 5.53. The first-order chi connectivity index (χ1) is 16.9. The van der Waals surface area contributed by atoms with Crippen LogP contribution in [0.15, 0.2) is 76.7 Å². The quantitative estimate of drug-likeness (QED) is 0.381. The summed E-state index contributed by atoms with van der Waals surface area (Å²) in [6.07, 6.45) is 2.06. The Balaban J connectivity index is 1.58. The van der Waals surface area contributed by atoms with Crippen molar-refractivity contribution in [2.24, 2.45) is 5.10 Å². The standard InChI is InChI=1S/C26H27N3O5S/c1-3-20-7-4-5-9-23(20)29(35(31,32)22-13-11-19(2)12-14-22)18-25(30)28-27-17-21-8-6-10-24-26(21)34-16-15-33-24/h4-14,17H,3,15-16,18H2,1-2H3,(H,28,30)/b27-17-. The van der Waals surface area contributed by atoms with Crippen LogP contribution in [-0.4, -0.2) is 40.3 Å². The summed E-state index contributed by atoms with van der Waals surface area (Å²) < 4.78 is 39.5. The number of rotatable bonds is 8. The number of anilines is 1. The zero-order valence-electron chi connectivity index (χ0n) is 19.6. The van der Waals surface area contributed by atoms with Gasteiger partial charge in [0.05, 0.1) is 16.8 Å². The van der Waals surface area contributed by atoms with Crippen molar-refractivity contribution in [1.29, 1.82) is 0 Å². The molecule has 3 aromatic carbocycles. The third-order valence-corrected chi connectivity index (χ3v) is 7.30. The number of para-hydroxylation sites is 2. The van der Waals surface area contributed by atoms with E-state index in [0.29, 0.717) is 42.4 Å². The molecule has 1 N–H and O–H groups in total. The van der Waals surface area contributed by atoms with E-state index in [1.807, 2.05) is 26.0 Å². The van der Waals surface area contributed by atoms with Crippen LogP contribution < -0.4 is 19.2 Å². The molecule has 0 aliphatic carbocycles. The molecule has 0 radical (unpaired) electrons. The van der Waals surface area contributed by atoms with Gasteiger partial charge in [0.2, 0.25) is 0 Å². The van der Waals surface area contributed by atoms with Crippen molar-refractivity contribution in [3.05, 3.63) is 83.4 Å². The van der Waals surface area contributed by atoms with E-state index >= 15 is 0 Å². The SMILES string of the molecule is CCc1ccccc1N(CC(=O)N/N=C\c1cccc2c1OCCO2)S(=O)(=O)c1ccc(C)cc1. The number of aryl methyl sites for hydroxylation is 2. The molecule has 0 saturated carbocycles. The Hall–Kier alpha value is -3.85. The Bertz CT molecular complexity index is 1340. The van der Waals surface area contributed by atoms with E-state index < -0.39 is 22.5 Å². The topological polar surface area (TPSA) is 97.3 Å². The minimum absolute atomic E-state index is 0.110. The molecule has 9 heteroatoms. The number of hydrazone groups is 1. The van der Waals surface area contributed by atoms with Gasteiger partial charge in [0, 0.05) is 5.56 Å². The van der Waals surface area contributed by atoms with Gasteiger partial charge in [0.15, 0.2) is 11.5 Å². The van der Waals surface area contributed by atoms with Crippen molar-refractivity contribution >= 4 is 27.8 Å². The largest absolute Gasteiger partial charge is 0.486 e. The summed E-state index contributed by atoms with van der Waals surface area (Å²) in [7, 11) is -4.00. The fraction of sp³-hybridized carbons (Fsp3) is 0.231. The predicted octanol–water partition coefficient (Wildman–Crippen LogP) is 3.67. The van der Waals surface area contributed by atoms with Crippen LogP contribution >= 0.6 is 0 Å². The van der Waals surface area contributed by atoms with E-state index in [0.717, 1.165) is 15.4 Å². The van der Waals surface area contributed by atoms with Crippen LogP contribution in [0.5, 0.6) is 11.5 Å². The van der Waals surface area contributed by atoms with Gasteiger partial charge in [-0.15, -0.1) is 0 Å². The highest BCUT2D eigenvalue weighted by Gasteiger charge is 2.28. The van der Waals surface area contributed by atoms with E-state index in [1.54, 1.807) is 54.6 Å². The van der Waals surface area contributed by atoms with Gasteiger partial charge in [-0.25, -0.2) is 13.8 Å². The number of nitrogens with zero attached hydrogens (tertiary/aromatic N) is 2. The van der Waals surface area contributed by atoms with Crippen LogP contribution in [0.3, 0.4) is 0 Å². The number of hydrogen-bond donors (Lipinski definition) is 1. The zero-order chi connectivity index (χ0) is 24.8. The van der Waals surface area contributed by atoms with Gasteiger partial charge in [0.1, 0.15) is 19.8 Å². The van der Waals surface area contributed by atoms with Crippen molar-refractivity contribution < 1.29 is 22.7 Å². The number of benzene rings is 3. The lowest BCUT2D eigenvalue weighted by atomic mass is 10.1. The van der Waals surface area contributed by atoms with Crippen LogP contribution in [0.4, 0.5) is 5.69 Å². The molecule has 0 fully saturated rings. The number of hydrogen-bond acceptors (Lipinski definition) is 6. The summed E-state index contributed by atoms with van der Waals surface area (Å²) >= 11 is 0. The maximum Gasteiger partial charge on any atom is 0.264 e. The fourth-order valence-electron chi connectivity index (χ4n) is 3.73. The average molecular weight is 494 g/mol. The van der Waals surface area contributed by atoms with Gasteiger partial charge >= 0.3 is 0 Å². The molecule has 0 unspecified atom stereocenters. The molecule has 1 aliphatic heterocycles. The van der Waals surface area contributed by atoms with E-state index in [1.165, 1.54) is 6.21 Å². The average Bonchev–Trinajstić information content (AvgIpc) is 2.87. The van der Waals surface area contributed by atoms with Gasteiger partial charge in [0.25, 0.3) is 15.9 Å². The highest BCUT2D eigenvalue weighted by atomic mass is 32.2. The molecular weight excluding hydrogens is 466 g/mol. The van der Waals surface area contributed by atoms with Gasteiger partial charge in [-0.1, -0.05) is 48.9 Å². The molecule has 4 rings (SSSR count). The van der Waals surface area contributed by atoms with Gasteiger partial charge in [-0.3, -0.25) is 9.10 Å². The Kier molecular flexibility index (Phi) is 7.36. The third kappa shape index (κ3) is 5.46. The van der Waals surface area contributed by atoms with Crippen molar-refractivity contribution in [2.75, 3.05) is 24.1 Å². The van der Waals surface area contributed by atoms with Crippen LogP contribution in [0, 0.1) is 6.92 Å². The first kappa shape index (κ1) is 24.3. The van der Waals surface area contributed by atoms with Gasteiger partial charge in [-0.2, -0.15) is 5.10 Å².